The monoisotopic (exact) mass is 398 g/mol. The van der Waals surface area contributed by atoms with Gasteiger partial charge in [-0.1, -0.05) is 45.9 Å². The third-order valence-corrected chi connectivity index (χ3v) is 5.69. The fraction of sp³-hybridized carbons (Fsp3) is 0.565. The summed E-state index contributed by atoms with van der Waals surface area (Å²) in [5.41, 5.74) is 4.54. The molecule has 0 fully saturated rings. The molecular formula is C23H34N4O2. The van der Waals surface area contributed by atoms with Gasteiger partial charge < -0.3 is 20.4 Å². The van der Waals surface area contributed by atoms with E-state index >= 15 is 0 Å². The molecule has 2 heterocycles. The fourth-order valence-electron chi connectivity index (χ4n) is 3.59. The van der Waals surface area contributed by atoms with Gasteiger partial charge in [-0.15, -0.1) is 0 Å². The van der Waals surface area contributed by atoms with Crippen molar-refractivity contribution in [3.05, 3.63) is 46.6 Å². The lowest BCUT2D eigenvalue weighted by Gasteiger charge is -2.31. The van der Waals surface area contributed by atoms with Gasteiger partial charge >= 0.3 is 0 Å². The van der Waals surface area contributed by atoms with Crippen molar-refractivity contribution in [2.75, 3.05) is 23.4 Å². The van der Waals surface area contributed by atoms with Gasteiger partial charge in [0.25, 0.3) is 0 Å². The van der Waals surface area contributed by atoms with E-state index in [0.717, 1.165) is 36.6 Å². The smallest absolute Gasteiger partial charge is 0.225 e. The number of aliphatic hydroxyl groups excluding tert-OH is 2. The standard InChI is InChI=1S/C23H34N4O2/c1-14(2)20-11-22(26-23(24-20)25-21(13-28)15(3)4)27-9-8-18-10-17(16(5)29)6-7-19(18)12-27/h6-7,10-11,14-16,21,28-29H,8-9,12-13H2,1-5H3,(H,24,25,26)/t16-,21+/m1/s1. The van der Waals surface area contributed by atoms with E-state index in [0.29, 0.717) is 5.95 Å². The predicted molar refractivity (Wildman–Crippen MR) is 117 cm³/mol. The van der Waals surface area contributed by atoms with Crippen LogP contribution in [-0.2, 0) is 13.0 Å². The number of hydrogen-bond acceptors (Lipinski definition) is 6. The Balaban J connectivity index is 1.88. The number of nitrogens with zero attached hydrogens (tertiary/aromatic N) is 3. The molecule has 29 heavy (non-hydrogen) atoms. The van der Waals surface area contributed by atoms with Crippen molar-refractivity contribution in [2.45, 2.75) is 65.6 Å². The van der Waals surface area contributed by atoms with Gasteiger partial charge in [0.1, 0.15) is 5.82 Å². The van der Waals surface area contributed by atoms with Crippen molar-refractivity contribution in [3.8, 4) is 0 Å². The largest absolute Gasteiger partial charge is 0.394 e. The summed E-state index contributed by atoms with van der Waals surface area (Å²) in [5.74, 6) is 2.06. The maximum Gasteiger partial charge on any atom is 0.225 e. The molecule has 0 bridgehead atoms. The highest BCUT2D eigenvalue weighted by Gasteiger charge is 2.21. The Bertz CT molecular complexity index is 836. The normalized spacial score (nSPS) is 16.1. The number of fused-ring (bicyclic) bond motifs is 1. The lowest BCUT2D eigenvalue weighted by atomic mass is 9.95. The van der Waals surface area contributed by atoms with Crippen LogP contribution in [0, 0.1) is 5.92 Å². The van der Waals surface area contributed by atoms with Crippen molar-refractivity contribution in [3.63, 3.8) is 0 Å². The van der Waals surface area contributed by atoms with Gasteiger partial charge in [0.05, 0.1) is 24.4 Å². The summed E-state index contributed by atoms with van der Waals surface area (Å²) >= 11 is 0. The van der Waals surface area contributed by atoms with Crippen LogP contribution in [0.25, 0.3) is 0 Å². The predicted octanol–water partition coefficient (Wildman–Crippen LogP) is 3.64. The van der Waals surface area contributed by atoms with Crippen LogP contribution in [0.5, 0.6) is 0 Å². The van der Waals surface area contributed by atoms with Gasteiger partial charge in [-0.2, -0.15) is 4.98 Å². The molecule has 3 N–H and O–H groups in total. The van der Waals surface area contributed by atoms with E-state index in [1.807, 2.05) is 6.07 Å². The molecule has 0 saturated heterocycles. The Morgan fingerprint density at radius 2 is 1.83 bits per heavy atom. The number of anilines is 2. The first-order chi connectivity index (χ1) is 13.8. The molecule has 6 nitrogen and oxygen atoms in total. The lowest BCUT2D eigenvalue weighted by Crippen LogP contribution is -2.33. The average Bonchev–Trinajstić information content (AvgIpc) is 2.70. The van der Waals surface area contributed by atoms with E-state index in [9.17, 15) is 10.2 Å². The van der Waals surface area contributed by atoms with E-state index in [2.05, 4.69) is 61.1 Å². The molecule has 3 rings (SSSR count). The highest BCUT2D eigenvalue weighted by Crippen LogP contribution is 2.28. The molecule has 1 aromatic carbocycles. The minimum atomic E-state index is -0.442. The lowest BCUT2D eigenvalue weighted by molar-refractivity contribution is 0.199. The highest BCUT2D eigenvalue weighted by atomic mass is 16.3. The number of nitrogens with one attached hydrogen (secondary N) is 1. The van der Waals surface area contributed by atoms with Crippen molar-refractivity contribution in [1.82, 2.24) is 9.97 Å². The maximum atomic E-state index is 9.85. The van der Waals surface area contributed by atoms with Gasteiger partial charge in [-0.05, 0) is 41.9 Å². The van der Waals surface area contributed by atoms with Crippen molar-refractivity contribution < 1.29 is 10.2 Å². The minimum Gasteiger partial charge on any atom is -0.394 e. The van der Waals surface area contributed by atoms with Crippen LogP contribution in [0.15, 0.2) is 24.3 Å². The Hall–Kier alpha value is -2.18. The average molecular weight is 399 g/mol. The van der Waals surface area contributed by atoms with E-state index < -0.39 is 6.10 Å². The van der Waals surface area contributed by atoms with Crippen molar-refractivity contribution in [1.29, 1.82) is 0 Å². The number of hydrogen-bond donors (Lipinski definition) is 3. The topological polar surface area (TPSA) is 81.5 Å². The van der Waals surface area contributed by atoms with Gasteiger partial charge in [0.2, 0.25) is 5.95 Å². The highest BCUT2D eigenvalue weighted by molar-refractivity contribution is 5.49. The summed E-state index contributed by atoms with van der Waals surface area (Å²) in [6.45, 7) is 11.9. The molecule has 1 aromatic heterocycles. The quantitative estimate of drug-likeness (QED) is 0.661. The molecule has 1 aliphatic rings. The molecule has 0 spiro atoms. The van der Waals surface area contributed by atoms with Crippen LogP contribution in [0.3, 0.4) is 0 Å². The Kier molecular flexibility index (Phi) is 6.75. The summed E-state index contributed by atoms with van der Waals surface area (Å²) in [6.07, 6.45) is 0.480. The molecule has 0 aliphatic carbocycles. The number of benzene rings is 1. The fourth-order valence-corrected chi connectivity index (χ4v) is 3.59. The summed E-state index contributed by atoms with van der Waals surface area (Å²) < 4.78 is 0. The molecule has 158 valence electrons. The summed E-state index contributed by atoms with van der Waals surface area (Å²) in [4.78, 5) is 11.8. The zero-order valence-corrected chi connectivity index (χ0v) is 18.2. The molecule has 6 heteroatoms. The SMILES string of the molecule is CC(C)c1cc(N2CCc3cc([C@@H](C)O)ccc3C2)nc(N[C@@H](CO)C(C)C)n1. The first kappa shape index (κ1) is 21.5. The second kappa shape index (κ2) is 9.09. The van der Waals surface area contributed by atoms with Gasteiger partial charge in [0.15, 0.2) is 0 Å². The van der Waals surface area contributed by atoms with Crippen LogP contribution in [-0.4, -0.2) is 39.4 Å². The van der Waals surface area contributed by atoms with Crippen LogP contribution < -0.4 is 10.2 Å². The Morgan fingerprint density at radius 3 is 2.45 bits per heavy atom. The number of rotatable bonds is 7. The Labute approximate surface area is 174 Å². The maximum absolute atomic E-state index is 9.85. The van der Waals surface area contributed by atoms with Crippen molar-refractivity contribution >= 4 is 11.8 Å². The first-order valence-corrected chi connectivity index (χ1v) is 10.6. The summed E-state index contributed by atoms with van der Waals surface area (Å²) in [5, 5.41) is 22.8. The second-order valence-corrected chi connectivity index (χ2v) is 8.68. The minimum absolute atomic E-state index is 0.0466. The van der Waals surface area contributed by atoms with E-state index in [1.54, 1.807) is 6.92 Å². The van der Waals surface area contributed by atoms with Gasteiger partial charge in [-0.3, -0.25) is 0 Å². The van der Waals surface area contributed by atoms with E-state index in [4.69, 9.17) is 4.98 Å². The number of aromatic nitrogens is 2. The molecule has 2 aromatic rings. The van der Waals surface area contributed by atoms with Gasteiger partial charge in [0, 0.05) is 19.2 Å². The molecule has 0 amide bonds. The summed E-state index contributed by atoms with van der Waals surface area (Å²) in [7, 11) is 0. The number of aliphatic hydroxyl groups is 2. The molecule has 0 saturated carbocycles. The third-order valence-electron chi connectivity index (χ3n) is 5.69. The molecular weight excluding hydrogens is 364 g/mol. The van der Waals surface area contributed by atoms with Crippen LogP contribution >= 0.6 is 0 Å². The third kappa shape index (κ3) is 5.06. The van der Waals surface area contributed by atoms with Crippen LogP contribution in [0.2, 0.25) is 0 Å². The zero-order chi connectivity index (χ0) is 21.1. The van der Waals surface area contributed by atoms with Gasteiger partial charge in [-0.25, -0.2) is 4.98 Å². The van der Waals surface area contributed by atoms with E-state index in [-0.39, 0.29) is 24.5 Å². The first-order valence-electron chi connectivity index (χ1n) is 10.6. The van der Waals surface area contributed by atoms with E-state index in [1.165, 1.54) is 11.1 Å². The molecule has 0 unspecified atom stereocenters. The molecule has 2 atom stereocenters. The second-order valence-electron chi connectivity index (χ2n) is 8.68. The Morgan fingerprint density at radius 1 is 1.07 bits per heavy atom. The molecule has 0 radical (unpaired) electrons. The van der Waals surface area contributed by atoms with Crippen LogP contribution in [0.4, 0.5) is 11.8 Å². The zero-order valence-electron chi connectivity index (χ0n) is 18.2. The molecule has 1 aliphatic heterocycles. The van der Waals surface area contributed by atoms with Crippen molar-refractivity contribution in [2.24, 2.45) is 5.92 Å². The summed E-state index contributed by atoms with van der Waals surface area (Å²) in [6, 6.07) is 8.25. The van der Waals surface area contributed by atoms with Crippen LogP contribution in [0.1, 0.15) is 69.0 Å².